The van der Waals surface area contributed by atoms with Gasteiger partial charge < -0.3 is 16.0 Å². The SMILES string of the molecule is Cc1cc(-c2cnc3c(NCCC(F)(F)F)cc(Cl)nn23)ccc1C(=O)CC1CC1.Cc1cc(-c2cnc3c(NCCC(F)(F)F)cc(Cl)nn23)ccc1C(=S)NC1CC1. The number of fused-ring (bicyclic) bond motifs is 2. The van der Waals surface area contributed by atoms with Gasteiger partial charge in [0.15, 0.2) is 27.4 Å². The van der Waals surface area contributed by atoms with Crippen molar-refractivity contribution >= 4 is 68.9 Å². The molecule has 4 aromatic heterocycles. The van der Waals surface area contributed by atoms with Gasteiger partial charge in [0.1, 0.15) is 4.99 Å². The van der Waals surface area contributed by atoms with Gasteiger partial charge in [-0.3, -0.25) is 4.79 Å². The second kappa shape index (κ2) is 17.5. The molecule has 316 valence electrons. The van der Waals surface area contributed by atoms with Crippen LogP contribution in [-0.4, -0.2) is 71.5 Å². The van der Waals surface area contributed by atoms with Crippen LogP contribution in [0.15, 0.2) is 60.9 Å². The molecule has 60 heavy (non-hydrogen) atoms. The summed E-state index contributed by atoms with van der Waals surface area (Å²) in [6, 6.07) is 14.8. The van der Waals surface area contributed by atoms with Gasteiger partial charge in [0, 0.05) is 59.9 Å². The summed E-state index contributed by atoms with van der Waals surface area (Å²) in [5.41, 5.74) is 8.06. The number of thiocarbonyl (C=S) groups is 1. The number of imidazole rings is 2. The third kappa shape index (κ3) is 10.8. The molecule has 0 unspecified atom stereocenters. The van der Waals surface area contributed by atoms with Crippen LogP contribution in [-0.2, 0) is 0 Å². The van der Waals surface area contributed by atoms with E-state index >= 15 is 0 Å². The summed E-state index contributed by atoms with van der Waals surface area (Å²) in [5.74, 6) is 0.668. The predicted octanol–water partition coefficient (Wildman–Crippen LogP) is 10.9. The molecule has 2 aliphatic carbocycles. The van der Waals surface area contributed by atoms with Crippen molar-refractivity contribution in [3.63, 3.8) is 0 Å². The molecule has 19 heteroatoms. The van der Waals surface area contributed by atoms with Crippen LogP contribution in [0.25, 0.3) is 33.8 Å². The van der Waals surface area contributed by atoms with Crippen molar-refractivity contribution in [2.45, 2.75) is 77.2 Å². The highest BCUT2D eigenvalue weighted by Crippen LogP contribution is 2.35. The lowest BCUT2D eigenvalue weighted by molar-refractivity contribution is -0.132. The molecule has 0 amide bonds. The minimum Gasteiger partial charge on any atom is -0.382 e. The molecule has 4 heterocycles. The summed E-state index contributed by atoms with van der Waals surface area (Å²) < 4.78 is 77.8. The Balaban J connectivity index is 0.000000181. The van der Waals surface area contributed by atoms with E-state index in [1.807, 2.05) is 50.2 Å². The third-order valence-electron chi connectivity index (χ3n) is 10.00. The van der Waals surface area contributed by atoms with Crippen LogP contribution in [0.5, 0.6) is 0 Å². The summed E-state index contributed by atoms with van der Waals surface area (Å²) >= 11 is 17.7. The minimum absolute atomic E-state index is 0.129. The molecule has 0 saturated heterocycles. The summed E-state index contributed by atoms with van der Waals surface area (Å²) in [6.45, 7) is 3.30. The van der Waals surface area contributed by atoms with Crippen molar-refractivity contribution in [1.82, 2.24) is 34.5 Å². The molecule has 2 aromatic carbocycles. The molecule has 0 spiro atoms. The van der Waals surface area contributed by atoms with Crippen molar-refractivity contribution in [1.29, 1.82) is 0 Å². The number of hydrogen-bond donors (Lipinski definition) is 3. The number of carbonyl (C=O) groups excluding carboxylic acids is 1. The topological polar surface area (TPSA) is 114 Å². The average Bonchev–Trinajstić information content (AvgIpc) is 4.08. The number of aryl methyl sites for hydroxylation is 2. The zero-order chi connectivity index (χ0) is 42.9. The number of nitrogens with zero attached hydrogens (tertiary/aromatic N) is 6. The molecule has 3 N–H and O–H groups in total. The van der Waals surface area contributed by atoms with Crippen LogP contribution in [0.2, 0.25) is 10.3 Å². The Morgan fingerprint density at radius 1 is 0.733 bits per heavy atom. The highest BCUT2D eigenvalue weighted by atomic mass is 35.5. The van der Waals surface area contributed by atoms with E-state index in [1.54, 1.807) is 12.4 Å². The standard InChI is InChI=1S/C21H20ClF3N4O.C20H19ClF3N5S/c1-12-8-14(4-5-15(12)18(30)9-13-2-3-13)17-11-27-20-16(10-19(22)28-29(17)20)26-7-6-21(23,24)25;1-11-8-12(2-5-14(11)19(30)27-13-3-4-13)16-10-26-18-15(9-17(21)28-29(16)18)25-7-6-20(22,23)24/h4-5,8,10-11,13,26H,2-3,6-7,9H2,1H3;2,5,8-10,13,25H,3-4,6-7H2,1H3,(H,27,30). The van der Waals surface area contributed by atoms with E-state index in [2.05, 4.69) is 36.1 Å². The normalized spacial score (nSPS) is 14.2. The van der Waals surface area contributed by atoms with Crippen molar-refractivity contribution < 1.29 is 31.1 Å². The number of carbonyl (C=O) groups is 1. The highest BCUT2D eigenvalue weighted by molar-refractivity contribution is 7.80. The van der Waals surface area contributed by atoms with E-state index in [0.717, 1.165) is 58.5 Å². The van der Waals surface area contributed by atoms with Gasteiger partial charge in [0.05, 0.1) is 48.0 Å². The van der Waals surface area contributed by atoms with Crippen LogP contribution >= 0.6 is 35.4 Å². The lowest BCUT2D eigenvalue weighted by Gasteiger charge is -2.12. The Hall–Kier alpha value is -5.00. The highest BCUT2D eigenvalue weighted by Gasteiger charge is 2.28. The molecule has 0 atom stereocenters. The Labute approximate surface area is 356 Å². The quantitative estimate of drug-likeness (QED) is 0.0592. The van der Waals surface area contributed by atoms with E-state index < -0.39 is 25.2 Å². The zero-order valence-corrected chi connectivity index (χ0v) is 34.6. The van der Waals surface area contributed by atoms with E-state index in [1.165, 1.54) is 21.2 Å². The maximum Gasteiger partial charge on any atom is 0.390 e. The first-order valence-electron chi connectivity index (χ1n) is 19.2. The lowest BCUT2D eigenvalue weighted by atomic mass is 9.98. The molecule has 2 aliphatic rings. The van der Waals surface area contributed by atoms with Crippen LogP contribution in [0.3, 0.4) is 0 Å². The van der Waals surface area contributed by atoms with Crippen molar-refractivity contribution in [3.05, 3.63) is 93.5 Å². The minimum atomic E-state index is -4.25. The van der Waals surface area contributed by atoms with E-state index in [0.29, 0.717) is 58.0 Å². The number of alkyl halides is 6. The fourth-order valence-electron chi connectivity index (χ4n) is 6.61. The van der Waals surface area contributed by atoms with Gasteiger partial charge in [-0.05, 0) is 68.7 Å². The first-order chi connectivity index (χ1) is 28.4. The van der Waals surface area contributed by atoms with Crippen LogP contribution < -0.4 is 16.0 Å². The molecular weight excluding hydrogens is 851 g/mol. The van der Waals surface area contributed by atoms with Gasteiger partial charge in [0.2, 0.25) is 0 Å². The molecule has 0 aliphatic heterocycles. The Bertz CT molecular complexity index is 2390. The Morgan fingerprint density at radius 3 is 1.62 bits per heavy atom. The second-order valence-electron chi connectivity index (χ2n) is 15.0. The second-order valence-corrected chi connectivity index (χ2v) is 16.2. The molecule has 6 aromatic rings. The Kier molecular flexibility index (Phi) is 12.6. The summed E-state index contributed by atoms with van der Waals surface area (Å²) in [4.78, 5) is 21.8. The van der Waals surface area contributed by atoms with E-state index in [-0.39, 0.29) is 29.2 Å². The van der Waals surface area contributed by atoms with Gasteiger partial charge in [-0.25, -0.2) is 19.0 Å². The van der Waals surface area contributed by atoms with E-state index in [4.69, 9.17) is 35.4 Å². The van der Waals surface area contributed by atoms with Gasteiger partial charge >= 0.3 is 12.4 Å². The molecule has 10 nitrogen and oxygen atoms in total. The van der Waals surface area contributed by atoms with Crippen LogP contribution in [0, 0.1) is 19.8 Å². The number of nitrogens with one attached hydrogen (secondary N) is 3. The van der Waals surface area contributed by atoms with Crippen LogP contribution in [0.4, 0.5) is 37.7 Å². The average molecular weight is 891 g/mol. The Morgan fingerprint density at radius 2 is 1.20 bits per heavy atom. The third-order valence-corrected chi connectivity index (χ3v) is 10.7. The number of ketones is 1. The summed E-state index contributed by atoms with van der Waals surface area (Å²) in [6.07, 6.45) is -2.09. The number of aromatic nitrogens is 6. The fourth-order valence-corrected chi connectivity index (χ4v) is 7.37. The molecule has 2 saturated carbocycles. The van der Waals surface area contributed by atoms with Gasteiger partial charge in [0.25, 0.3) is 0 Å². The monoisotopic (exact) mass is 889 g/mol. The molecule has 2 fully saturated rings. The summed E-state index contributed by atoms with van der Waals surface area (Å²) in [5, 5.41) is 17.6. The maximum absolute atomic E-state index is 12.5. The number of benzene rings is 2. The lowest BCUT2D eigenvalue weighted by Crippen LogP contribution is -2.25. The number of Topliss-reactive ketones (excluding diaryl/α,β-unsaturated/α-hetero) is 1. The molecule has 0 bridgehead atoms. The first-order valence-corrected chi connectivity index (χ1v) is 20.3. The number of rotatable bonds is 13. The van der Waals surface area contributed by atoms with E-state index in [9.17, 15) is 31.1 Å². The number of anilines is 2. The van der Waals surface area contributed by atoms with Crippen molar-refractivity contribution in [3.8, 4) is 22.5 Å². The number of hydrogen-bond acceptors (Lipinski definition) is 8. The maximum atomic E-state index is 12.5. The van der Waals surface area contributed by atoms with Crippen molar-refractivity contribution in [2.24, 2.45) is 5.92 Å². The van der Waals surface area contributed by atoms with Gasteiger partial charge in [-0.1, -0.05) is 59.7 Å². The van der Waals surface area contributed by atoms with Gasteiger partial charge in [-0.2, -0.15) is 36.5 Å². The van der Waals surface area contributed by atoms with Gasteiger partial charge in [-0.15, -0.1) is 0 Å². The summed E-state index contributed by atoms with van der Waals surface area (Å²) in [7, 11) is 0. The molecule has 0 radical (unpaired) electrons. The smallest absolute Gasteiger partial charge is 0.382 e. The molecular formula is C41H39Cl2F6N9OS. The first kappa shape index (κ1) is 43.1. The van der Waals surface area contributed by atoms with Crippen molar-refractivity contribution in [2.75, 3.05) is 23.7 Å². The fraction of sp³-hybridized carbons (Fsp3) is 0.366. The number of halogens is 8. The predicted molar refractivity (Wildman–Crippen MR) is 224 cm³/mol. The largest absolute Gasteiger partial charge is 0.390 e. The molecule has 8 rings (SSSR count). The zero-order valence-electron chi connectivity index (χ0n) is 32.3. The van der Waals surface area contributed by atoms with Crippen LogP contribution in [0.1, 0.15) is 72.0 Å².